The van der Waals surface area contributed by atoms with E-state index in [1.165, 1.54) is 0 Å². The lowest BCUT2D eigenvalue weighted by atomic mass is 10.1. The molecule has 0 atom stereocenters. The van der Waals surface area contributed by atoms with E-state index in [1.54, 1.807) is 0 Å². The third-order valence-corrected chi connectivity index (χ3v) is 3.05. The average Bonchev–Trinajstić information content (AvgIpc) is 2.38. The van der Waals surface area contributed by atoms with Crippen molar-refractivity contribution in [3.05, 3.63) is 59.2 Å². The molecular formula is C16H17N3. The molecule has 0 amide bonds. The highest BCUT2D eigenvalue weighted by Gasteiger charge is 2.08. The molecule has 0 radical (unpaired) electrons. The molecule has 0 aromatic heterocycles. The van der Waals surface area contributed by atoms with Crippen LogP contribution in [0.3, 0.4) is 0 Å². The zero-order chi connectivity index (χ0) is 13.8. The normalized spacial score (nSPS) is 9.95. The maximum absolute atomic E-state index is 9.21. The fourth-order valence-corrected chi connectivity index (χ4v) is 2.12. The second-order valence-electron chi connectivity index (χ2n) is 4.73. The van der Waals surface area contributed by atoms with Crippen LogP contribution in [-0.2, 0) is 6.54 Å². The summed E-state index contributed by atoms with van der Waals surface area (Å²) in [4.78, 5) is 2.06. The number of aryl methyl sites for hydroxylation is 1. The molecule has 0 aliphatic rings. The van der Waals surface area contributed by atoms with Gasteiger partial charge in [0.25, 0.3) is 0 Å². The van der Waals surface area contributed by atoms with Crippen molar-refractivity contribution >= 4 is 11.4 Å². The summed E-state index contributed by atoms with van der Waals surface area (Å²) in [6.07, 6.45) is 0. The van der Waals surface area contributed by atoms with Gasteiger partial charge in [0.1, 0.15) is 6.07 Å². The highest BCUT2D eigenvalue weighted by Crippen LogP contribution is 2.22. The van der Waals surface area contributed by atoms with E-state index in [-0.39, 0.29) is 0 Å². The molecule has 2 rings (SSSR count). The Labute approximate surface area is 113 Å². The van der Waals surface area contributed by atoms with Gasteiger partial charge < -0.3 is 10.6 Å². The van der Waals surface area contributed by atoms with Gasteiger partial charge in [-0.3, -0.25) is 0 Å². The van der Waals surface area contributed by atoms with Crippen LogP contribution in [0.25, 0.3) is 0 Å². The standard InChI is InChI=1S/C16H17N3/c1-12-6-7-16(14(8-12)10-17)19(2)11-13-4-3-5-15(18)9-13/h3-9H,11,18H2,1-2H3. The van der Waals surface area contributed by atoms with Crippen molar-refractivity contribution in [2.45, 2.75) is 13.5 Å². The highest BCUT2D eigenvalue weighted by molar-refractivity contribution is 5.60. The van der Waals surface area contributed by atoms with Gasteiger partial charge in [-0.15, -0.1) is 0 Å². The maximum atomic E-state index is 9.21. The van der Waals surface area contributed by atoms with Crippen molar-refractivity contribution in [1.29, 1.82) is 5.26 Å². The van der Waals surface area contributed by atoms with E-state index in [1.807, 2.05) is 56.4 Å². The number of anilines is 2. The third-order valence-electron chi connectivity index (χ3n) is 3.05. The molecule has 0 unspecified atom stereocenters. The SMILES string of the molecule is Cc1ccc(N(C)Cc2cccc(N)c2)c(C#N)c1. The number of nitrogen functional groups attached to an aromatic ring is 1. The minimum atomic E-state index is 0.700. The van der Waals surface area contributed by atoms with Crippen molar-refractivity contribution in [3.63, 3.8) is 0 Å². The second-order valence-corrected chi connectivity index (χ2v) is 4.73. The Bertz CT molecular complexity index is 626. The number of benzene rings is 2. The second kappa shape index (κ2) is 5.45. The molecule has 2 aromatic carbocycles. The van der Waals surface area contributed by atoms with E-state index < -0.39 is 0 Å². The molecule has 2 N–H and O–H groups in total. The van der Waals surface area contributed by atoms with Crippen LogP contribution < -0.4 is 10.6 Å². The number of hydrogen-bond acceptors (Lipinski definition) is 3. The van der Waals surface area contributed by atoms with E-state index in [4.69, 9.17) is 5.73 Å². The minimum Gasteiger partial charge on any atom is -0.399 e. The number of hydrogen-bond donors (Lipinski definition) is 1. The third kappa shape index (κ3) is 3.05. The van der Waals surface area contributed by atoms with E-state index >= 15 is 0 Å². The van der Waals surface area contributed by atoms with Crippen molar-refractivity contribution < 1.29 is 0 Å². The van der Waals surface area contributed by atoms with Crippen LogP contribution in [-0.4, -0.2) is 7.05 Å². The summed E-state index contributed by atoms with van der Waals surface area (Å²) in [5.74, 6) is 0. The van der Waals surface area contributed by atoms with Crippen molar-refractivity contribution in [2.75, 3.05) is 17.7 Å². The number of nitriles is 1. The van der Waals surface area contributed by atoms with E-state index in [0.717, 1.165) is 29.0 Å². The molecule has 0 fully saturated rings. The Morgan fingerprint density at radius 2 is 2.00 bits per heavy atom. The predicted molar refractivity (Wildman–Crippen MR) is 78.9 cm³/mol. The van der Waals surface area contributed by atoms with Gasteiger partial charge in [0.05, 0.1) is 11.3 Å². The molecule has 0 bridgehead atoms. The molecule has 3 nitrogen and oxygen atoms in total. The van der Waals surface area contributed by atoms with Gasteiger partial charge in [-0.05, 0) is 42.3 Å². The Balaban J connectivity index is 2.25. The molecule has 0 aliphatic heterocycles. The number of nitrogens with two attached hydrogens (primary N) is 1. The van der Waals surface area contributed by atoms with Gasteiger partial charge in [-0.25, -0.2) is 0 Å². The highest BCUT2D eigenvalue weighted by atomic mass is 15.1. The molecule has 0 heterocycles. The summed E-state index contributed by atoms with van der Waals surface area (Å²) in [6.45, 7) is 2.71. The summed E-state index contributed by atoms with van der Waals surface area (Å²) in [5.41, 5.74) is 10.4. The Kier molecular flexibility index (Phi) is 3.72. The number of nitrogens with zero attached hydrogens (tertiary/aromatic N) is 2. The molecule has 3 heteroatoms. The van der Waals surface area contributed by atoms with E-state index in [0.29, 0.717) is 5.56 Å². The Morgan fingerprint density at radius 1 is 1.21 bits per heavy atom. The van der Waals surface area contributed by atoms with Crippen molar-refractivity contribution in [3.8, 4) is 6.07 Å². The summed E-state index contributed by atoms with van der Waals surface area (Å²) in [5, 5.41) is 9.21. The fraction of sp³-hybridized carbons (Fsp3) is 0.188. The molecule has 96 valence electrons. The quantitative estimate of drug-likeness (QED) is 0.853. The Morgan fingerprint density at radius 3 is 2.68 bits per heavy atom. The smallest absolute Gasteiger partial charge is 0.101 e. The summed E-state index contributed by atoms with van der Waals surface area (Å²) >= 11 is 0. The maximum Gasteiger partial charge on any atom is 0.101 e. The summed E-state index contributed by atoms with van der Waals surface area (Å²) in [6, 6.07) is 16.0. The molecule has 19 heavy (non-hydrogen) atoms. The van der Waals surface area contributed by atoms with Crippen LogP contribution in [0, 0.1) is 18.3 Å². The first-order valence-corrected chi connectivity index (χ1v) is 6.16. The average molecular weight is 251 g/mol. The van der Waals surface area contributed by atoms with Crippen molar-refractivity contribution in [1.82, 2.24) is 0 Å². The molecule has 0 saturated carbocycles. The van der Waals surface area contributed by atoms with Gasteiger partial charge in [-0.2, -0.15) is 5.26 Å². The van der Waals surface area contributed by atoms with Crippen LogP contribution >= 0.6 is 0 Å². The first kappa shape index (κ1) is 13.0. The van der Waals surface area contributed by atoms with E-state index in [2.05, 4.69) is 11.0 Å². The topological polar surface area (TPSA) is 53.0 Å². The van der Waals surface area contributed by atoms with Gasteiger partial charge >= 0.3 is 0 Å². The molecule has 0 saturated heterocycles. The van der Waals surface area contributed by atoms with Gasteiger partial charge in [0, 0.05) is 19.3 Å². The molecule has 0 aliphatic carbocycles. The summed E-state index contributed by atoms with van der Waals surface area (Å²) < 4.78 is 0. The lowest BCUT2D eigenvalue weighted by molar-refractivity contribution is 0.921. The fourth-order valence-electron chi connectivity index (χ4n) is 2.12. The van der Waals surface area contributed by atoms with Crippen molar-refractivity contribution in [2.24, 2.45) is 0 Å². The lowest BCUT2D eigenvalue weighted by Crippen LogP contribution is -2.17. The first-order chi connectivity index (χ1) is 9.10. The van der Waals surface area contributed by atoms with Crippen LogP contribution in [0.5, 0.6) is 0 Å². The predicted octanol–water partition coefficient (Wildman–Crippen LogP) is 3.09. The van der Waals surface area contributed by atoms with E-state index in [9.17, 15) is 5.26 Å². The van der Waals surface area contributed by atoms with Crippen LogP contribution in [0.15, 0.2) is 42.5 Å². The lowest BCUT2D eigenvalue weighted by Gasteiger charge is -2.21. The van der Waals surface area contributed by atoms with Gasteiger partial charge in [0.2, 0.25) is 0 Å². The van der Waals surface area contributed by atoms with Crippen LogP contribution in [0.1, 0.15) is 16.7 Å². The van der Waals surface area contributed by atoms with Crippen LogP contribution in [0.2, 0.25) is 0 Å². The Hall–Kier alpha value is -2.47. The first-order valence-electron chi connectivity index (χ1n) is 6.16. The number of rotatable bonds is 3. The zero-order valence-electron chi connectivity index (χ0n) is 11.2. The van der Waals surface area contributed by atoms with Gasteiger partial charge in [0.15, 0.2) is 0 Å². The molecule has 2 aromatic rings. The molecular weight excluding hydrogens is 234 g/mol. The minimum absolute atomic E-state index is 0.700. The van der Waals surface area contributed by atoms with Gasteiger partial charge in [-0.1, -0.05) is 18.2 Å². The monoisotopic (exact) mass is 251 g/mol. The van der Waals surface area contributed by atoms with Crippen LogP contribution in [0.4, 0.5) is 11.4 Å². The molecule has 0 spiro atoms. The summed E-state index contributed by atoms with van der Waals surface area (Å²) in [7, 11) is 1.98. The largest absolute Gasteiger partial charge is 0.399 e. The zero-order valence-corrected chi connectivity index (χ0v) is 11.2.